The van der Waals surface area contributed by atoms with E-state index < -0.39 is 0 Å². The smallest absolute Gasteiger partial charge is 0.203 e. The van der Waals surface area contributed by atoms with Crippen LogP contribution < -0.4 is 5.43 Å². The van der Waals surface area contributed by atoms with Gasteiger partial charge >= 0.3 is 0 Å². The zero-order valence-electron chi connectivity index (χ0n) is 13.6. The van der Waals surface area contributed by atoms with Crippen LogP contribution in [0.15, 0.2) is 57.4 Å². The molecule has 0 aliphatic rings. The van der Waals surface area contributed by atoms with E-state index in [1.807, 2.05) is 36.6 Å². The second kappa shape index (κ2) is 8.69. The molecule has 1 heterocycles. The molecule has 1 N–H and O–H groups in total. The summed E-state index contributed by atoms with van der Waals surface area (Å²) in [7, 11) is 0. The molecule has 25 heavy (non-hydrogen) atoms. The Hall–Kier alpha value is -1.57. The molecule has 0 radical (unpaired) electrons. The molecule has 0 unspecified atom stereocenters. The Kier molecular flexibility index (Phi) is 6.87. The van der Waals surface area contributed by atoms with Crippen molar-refractivity contribution in [3.63, 3.8) is 0 Å². The average molecular weight is 485 g/mol. The minimum absolute atomic E-state index is 0. The van der Waals surface area contributed by atoms with E-state index in [1.165, 1.54) is 17.4 Å². The van der Waals surface area contributed by atoms with Crippen LogP contribution in [-0.2, 0) is 0 Å². The van der Waals surface area contributed by atoms with Crippen molar-refractivity contribution in [1.82, 2.24) is 4.98 Å². The number of anilines is 1. The number of aromatic nitrogens is 1. The third-order valence-corrected chi connectivity index (χ3v) is 4.81. The van der Waals surface area contributed by atoms with E-state index in [0.717, 1.165) is 27.0 Å². The SMILES string of the molecule is Br.C/C(=N\Nc1nc(-c2ccc(Br)cc2)cs1)c1ccc(F)c(C)c1. The molecular formula is C18H16Br2FN3S. The van der Waals surface area contributed by atoms with Crippen molar-refractivity contribution in [3.8, 4) is 11.3 Å². The number of benzene rings is 2. The van der Waals surface area contributed by atoms with Gasteiger partial charge in [0.2, 0.25) is 5.13 Å². The van der Waals surface area contributed by atoms with Crippen LogP contribution in [0, 0.1) is 12.7 Å². The molecule has 0 aliphatic heterocycles. The van der Waals surface area contributed by atoms with Gasteiger partial charge in [-0.25, -0.2) is 9.37 Å². The third kappa shape index (κ3) is 4.96. The van der Waals surface area contributed by atoms with E-state index in [4.69, 9.17) is 0 Å². The first kappa shape index (κ1) is 19.8. The van der Waals surface area contributed by atoms with Crippen LogP contribution in [0.2, 0.25) is 0 Å². The number of hydrogen-bond donors (Lipinski definition) is 1. The Morgan fingerprint density at radius 1 is 1.20 bits per heavy atom. The maximum Gasteiger partial charge on any atom is 0.203 e. The Morgan fingerprint density at radius 2 is 1.92 bits per heavy atom. The Labute approximate surface area is 168 Å². The largest absolute Gasteiger partial charge is 0.252 e. The maximum atomic E-state index is 13.3. The van der Waals surface area contributed by atoms with Gasteiger partial charge in [0.15, 0.2) is 0 Å². The van der Waals surface area contributed by atoms with Gasteiger partial charge in [0, 0.05) is 15.4 Å². The van der Waals surface area contributed by atoms with Crippen LogP contribution >= 0.6 is 44.2 Å². The highest BCUT2D eigenvalue weighted by Crippen LogP contribution is 2.26. The standard InChI is InChI=1S/C18H15BrFN3S.BrH/c1-11-9-14(5-8-16(11)20)12(2)22-23-18-21-17(10-24-18)13-3-6-15(19)7-4-13;/h3-10H,1-2H3,(H,21,23);1H/b22-12+;. The Morgan fingerprint density at radius 3 is 2.60 bits per heavy atom. The molecule has 7 heteroatoms. The van der Waals surface area contributed by atoms with Gasteiger partial charge < -0.3 is 0 Å². The summed E-state index contributed by atoms with van der Waals surface area (Å²) in [5, 5.41) is 7.04. The second-order valence-corrected chi connectivity index (χ2v) is 7.09. The van der Waals surface area contributed by atoms with Crippen molar-refractivity contribution in [1.29, 1.82) is 0 Å². The Balaban J connectivity index is 0.00000225. The maximum absolute atomic E-state index is 13.3. The lowest BCUT2D eigenvalue weighted by Gasteiger charge is -2.03. The normalized spacial score (nSPS) is 11.1. The van der Waals surface area contributed by atoms with E-state index in [0.29, 0.717) is 10.7 Å². The van der Waals surface area contributed by atoms with Gasteiger partial charge in [-0.05, 0) is 49.2 Å². The minimum Gasteiger partial charge on any atom is -0.252 e. The number of rotatable bonds is 4. The molecule has 1 aromatic heterocycles. The van der Waals surface area contributed by atoms with Crippen LogP contribution in [0.1, 0.15) is 18.1 Å². The number of aryl methyl sites for hydroxylation is 1. The highest BCUT2D eigenvalue weighted by molar-refractivity contribution is 9.10. The number of nitrogens with zero attached hydrogens (tertiary/aromatic N) is 2. The highest BCUT2D eigenvalue weighted by Gasteiger charge is 2.05. The summed E-state index contributed by atoms with van der Waals surface area (Å²) >= 11 is 4.91. The molecule has 0 fully saturated rings. The molecular weight excluding hydrogens is 469 g/mol. The lowest BCUT2D eigenvalue weighted by Crippen LogP contribution is -2.00. The third-order valence-electron chi connectivity index (χ3n) is 3.54. The van der Waals surface area contributed by atoms with Crippen molar-refractivity contribution in [2.24, 2.45) is 5.10 Å². The summed E-state index contributed by atoms with van der Waals surface area (Å²) in [5.74, 6) is -0.210. The van der Waals surface area contributed by atoms with Crippen molar-refractivity contribution in [3.05, 3.63) is 69.3 Å². The van der Waals surface area contributed by atoms with E-state index in [2.05, 4.69) is 31.4 Å². The van der Waals surface area contributed by atoms with Crippen LogP contribution in [0.3, 0.4) is 0 Å². The van der Waals surface area contributed by atoms with Crippen molar-refractivity contribution >= 4 is 55.1 Å². The predicted molar refractivity (Wildman–Crippen MR) is 113 cm³/mol. The van der Waals surface area contributed by atoms with E-state index in [9.17, 15) is 4.39 Å². The first-order chi connectivity index (χ1) is 11.5. The van der Waals surface area contributed by atoms with Crippen LogP contribution in [0.4, 0.5) is 9.52 Å². The molecule has 2 aromatic carbocycles. The van der Waals surface area contributed by atoms with Crippen molar-refractivity contribution in [2.45, 2.75) is 13.8 Å². The highest BCUT2D eigenvalue weighted by atomic mass is 79.9. The van der Waals surface area contributed by atoms with Crippen molar-refractivity contribution < 1.29 is 4.39 Å². The number of thiazole rings is 1. The fourth-order valence-electron chi connectivity index (χ4n) is 2.14. The molecule has 0 saturated carbocycles. The Bertz CT molecular complexity index is 892. The molecule has 3 rings (SSSR count). The van der Waals surface area contributed by atoms with Gasteiger partial charge in [-0.1, -0.05) is 34.1 Å². The van der Waals surface area contributed by atoms with Gasteiger partial charge in [0.25, 0.3) is 0 Å². The second-order valence-electron chi connectivity index (χ2n) is 5.32. The molecule has 130 valence electrons. The molecule has 0 atom stereocenters. The number of hydrazone groups is 1. The monoisotopic (exact) mass is 483 g/mol. The van der Waals surface area contributed by atoms with Crippen LogP contribution in [0.5, 0.6) is 0 Å². The molecule has 0 saturated heterocycles. The summed E-state index contributed by atoms with van der Waals surface area (Å²) in [5.41, 5.74) is 7.19. The quantitative estimate of drug-likeness (QED) is 0.342. The topological polar surface area (TPSA) is 37.3 Å². The number of hydrogen-bond acceptors (Lipinski definition) is 4. The fourth-order valence-corrected chi connectivity index (χ4v) is 3.07. The summed E-state index contributed by atoms with van der Waals surface area (Å²) in [4.78, 5) is 4.53. The molecule has 0 spiro atoms. The zero-order chi connectivity index (χ0) is 17.1. The van der Waals surface area contributed by atoms with Gasteiger partial charge in [0.1, 0.15) is 5.82 Å². The van der Waals surface area contributed by atoms with Crippen LogP contribution in [-0.4, -0.2) is 10.7 Å². The van der Waals surface area contributed by atoms with Gasteiger partial charge in [-0.2, -0.15) is 5.10 Å². The van der Waals surface area contributed by atoms with Gasteiger partial charge in [-0.15, -0.1) is 28.3 Å². The van der Waals surface area contributed by atoms with E-state index >= 15 is 0 Å². The molecule has 0 amide bonds. The van der Waals surface area contributed by atoms with E-state index in [1.54, 1.807) is 19.1 Å². The minimum atomic E-state index is -0.210. The van der Waals surface area contributed by atoms with Gasteiger partial charge in [-0.3, -0.25) is 5.43 Å². The molecule has 3 nitrogen and oxygen atoms in total. The number of halogens is 3. The van der Waals surface area contributed by atoms with Gasteiger partial charge in [0.05, 0.1) is 11.4 Å². The fraction of sp³-hybridized carbons (Fsp3) is 0.111. The summed E-state index contributed by atoms with van der Waals surface area (Å²) in [6, 6.07) is 13.0. The summed E-state index contributed by atoms with van der Waals surface area (Å²) in [6.07, 6.45) is 0. The van der Waals surface area contributed by atoms with Crippen LogP contribution in [0.25, 0.3) is 11.3 Å². The average Bonchev–Trinajstić information content (AvgIpc) is 3.05. The first-order valence-corrected chi connectivity index (χ1v) is 8.98. The molecule has 0 bridgehead atoms. The lowest BCUT2D eigenvalue weighted by atomic mass is 10.1. The number of nitrogens with one attached hydrogen (secondary N) is 1. The first-order valence-electron chi connectivity index (χ1n) is 7.31. The van der Waals surface area contributed by atoms with Crippen molar-refractivity contribution in [2.75, 3.05) is 5.43 Å². The lowest BCUT2D eigenvalue weighted by molar-refractivity contribution is 0.618. The predicted octanol–water partition coefficient (Wildman–Crippen LogP) is 6.43. The summed E-state index contributed by atoms with van der Waals surface area (Å²) < 4.78 is 14.4. The zero-order valence-corrected chi connectivity index (χ0v) is 17.7. The molecule has 3 aromatic rings. The summed E-state index contributed by atoms with van der Waals surface area (Å²) in [6.45, 7) is 3.62. The molecule has 0 aliphatic carbocycles. The van der Waals surface area contributed by atoms with E-state index in [-0.39, 0.29) is 22.8 Å².